The summed E-state index contributed by atoms with van der Waals surface area (Å²) in [5.74, 6) is -3.44. The number of carbonyl (C=O) groups is 4. The van der Waals surface area contributed by atoms with E-state index in [1.165, 1.54) is 46.2 Å². The number of carbonyl (C=O) groups excluding carboxylic acids is 3. The quantitative estimate of drug-likeness (QED) is 0.0814. The first-order valence-electron chi connectivity index (χ1n) is 22.1. The minimum Gasteiger partial charge on any atom is -0.465 e. The Balaban J connectivity index is 1.06. The molecule has 5 heterocycles. The highest BCUT2D eigenvalue weighted by molar-refractivity contribution is 6.42. The van der Waals surface area contributed by atoms with Crippen molar-refractivity contribution in [2.75, 3.05) is 28.3 Å². The second kappa shape index (κ2) is 16.9. The van der Waals surface area contributed by atoms with Gasteiger partial charge in [0.1, 0.15) is 6.10 Å². The van der Waals surface area contributed by atoms with Crippen LogP contribution in [0.5, 0.6) is 0 Å². The number of anilines is 3. The molecule has 0 aliphatic carbocycles. The molecule has 8 aromatic rings. The van der Waals surface area contributed by atoms with Crippen molar-refractivity contribution in [3.8, 4) is 0 Å². The lowest BCUT2D eigenvalue weighted by Gasteiger charge is -2.40. The van der Waals surface area contributed by atoms with Gasteiger partial charge in [-0.2, -0.15) is 0 Å². The first-order chi connectivity index (χ1) is 34.1. The van der Waals surface area contributed by atoms with Crippen LogP contribution in [0.2, 0.25) is 10.0 Å². The van der Waals surface area contributed by atoms with Gasteiger partial charge in [-0.25, -0.2) is 28.8 Å². The van der Waals surface area contributed by atoms with E-state index in [2.05, 4.69) is 20.3 Å². The van der Waals surface area contributed by atoms with Crippen molar-refractivity contribution in [1.82, 2.24) is 24.8 Å². The fourth-order valence-electron chi connectivity index (χ4n) is 9.64. The van der Waals surface area contributed by atoms with Gasteiger partial charge in [-0.15, -0.1) is 0 Å². The summed E-state index contributed by atoms with van der Waals surface area (Å²) in [6.07, 6.45) is -3.24. The molecule has 358 valence electrons. The monoisotopic (exact) mass is 996 g/mol. The van der Waals surface area contributed by atoms with Gasteiger partial charge in [-0.05, 0) is 67.9 Å². The molecular weight excluding hydrogens is 959 g/mol. The number of benzene rings is 6. The minimum absolute atomic E-state index is 0.0482. The van der Waals surface area contributed by atoms with E-state index in [9.17, 15) is 24.6 Å². The van der Waals surface area contributed by atoms with Crippen LogP contribution >= 0.6 is 23.2 Å². The molecule has 3 aliphatic heterocycles. The summed E-state index contributed by atoms with van der Waals surface area (Å²) in [7, 11) is 0. The number of hydrogen-bond acceptors (Lipinski definition) is 10. The zero-order valence-corrected chi connectivity index (χ0v) is 39.0. The molecule has 1 saturated heterocycles. The van der Waals surface area contributed by atoms with Gasteiger partial charge < -0.3 is 34.4 Å². The molecule has 71 heavy (non-hydrogen) atoms. The normalized spacial score (nSPS) is 20.2. The van der Waals surface area contributed by atoms with E-state index in [4.69, 9.17) is 42.4 Å². The molecule has 11 rings (SSSR count). The van der Waals surface area contributed by atoms with Gasteiger partial charge >= 0.3 is 12.2 Å². The van der Waals surface area contributed by atoms with Crippen molar-refractivity contribution in [2.45, 2.75) is 43.7 Å². The first-order valence-corrected chi connectivity index (χ1v) is 22.9. The maximum atomic E-state index is 16.7. The predicted molar refractivity (Wildman–Crippen MR) is 259 cm³/mol. The lowest BCUT2D eigenvalue weighted by Crippen LogP contribution is -2.52. The van der Waals surface area contributed by atoms with Crippen molar-refractivity contribution in [3.63, 3.8) is 0 Å². The Hall–Kier alpha value is -7.87. The SMILES string of the molecule is CC1(C)OC[C@H](CN(C(=O)OC2(c3ccc4nc(NC(=O)O)[nH]c4c3)c3ccccc3C(=O)N2c2ccc(Cl)c(Cl)c2F)c2nc3ccc(C4(O)c5ccccc5C(=O)N4Cc4ccccc4)cc3[nH]2)O1. The standard InChI is InChI=1S/C51H39Cl2FN8O9/c1-49(2)69-26-30(70-49)25-60(46-57-37-19-16-28(22-39(37)58-46)50(68)33-14-8-6-12-31(33)43(63)61(50)24-27-10-4-3-5-11-27)48(67)71-51(29-17-20-36-38(23-29)56-45(55-36)59-47(65)66)34-15-9-7-13-32(34)44(64)62(51)40-21-18-35(52)41(53)42(40)54/h3-23,30,68H,24-26H2,1-2H3,(H,57,58)(H,65,66)(H2,55,56,59)/t30-,50?,51?/m0/s1. The van der Waals surface area contributed by atoms with E-state index in [-0.39, 0.29) is 64.7 Å². The highest BCUT2D eigenvalue weighted by Crippen LogP contribution is 2.51. The van der Waals surface area contributed by atoms with E-state index in [0.717, 1.165) is 10.5 Å². The number of nitrogens with one attached hydrogen (secondary N) is 3. The Kier molecular flexibility index (Phi) is 10.9. The molecule has 4 amide bonds. The largest absolute Gasteiger partial charge is 0.465 e. The van der Waals surface area contributed by atoms with Gasteiger partial charge in [-0.1, -0.05) is 102 Å². The molecule has 0 radical (unpaired) electrons. The Morgan fingerprint density at radius 2 is 1.49 bits per heavy atom. The number of carboxylic acid groups (broad SMARTS) is 1. The maximum absolute atomic E-state index is 16.7. The Morgan fingerprint density at radius 1 is 0.845 bits per heavy atom. The average molecular weight is 998 g/mol. The van der Waals surface area contributed by atoms with E-state index >= 15 is 9.18 Å². The summed E-state index contributed by atoms with van der Waals surface area (Å²) in [4.78, 5) is 74.9. The van der Waals surface area contributed by atoms with Gasteiger partial charge in [0.05, 0.1) is 51.0 Å². The van der Waals surface area contributed by atoms with E-state index < -0.39 is 58.0 Å². The molecule has 2 unspecified atom stereocenters. The number of aromatic amines is 2. The number of fused-ring (bicyclic) bond motifs is 4. The Morgan fingerprint density at radius 3 is 2.21 bits per heavy atom. The molecule has 0 bridgehead atoms. The van der Waals surface area contributed by atoms with Crippen molar-refractivity contribution in [2.24, 2.45) is 0 Å². The topological polar surface area (TPSA) is 216 Å². The third-order valence-corrected chi connectivity index (χ3v) is 13.6. The number of aliphatic hydroxyl groups is 1. The number of H-pyrrole nitrogens is 2. The number of imidazole rings is 2. The Labute approximate surface area is 412 Å². The molecular formula is C51H39Cl2FN8O9. The summed E-state index contributed by atoms with van der Waals surface area (Å²) in [6, 6.07) is 34.5. The second-order valence-corrected chi connectivity index (χ2v) is 18.4. The summed E-state index contributed by atoms with van der Waals surface area (Å²) < 4.78 is 35.5. The van der Waals surface area contributed by atoms with Crippen LogP contribution in [-0.2, 0) is 32.2 Å². The molecule has 6 aromatic carbocycles. The zero-order valence-electron chi connectivity index (χ0n) is 37.4. The third-order valence-electron chi connectivity index (χ3n) is 12.8. The van der Waals surface area contributed by atoms with Crippen molar-refractivity contribution >= 4 is 86.9 Å². The maximum Gasteiger partial charge on any atom is 0.419 e. The van der Waals surface area contributed by atoms with Crippen molar-refractivity contribution in [3.05, 3.63) is 182 Å². The lowest BCUT2D eigenvalue weighted by atomic mass is 9.92. The fourth-order valence-corrected chi connectivity index (χ4v) is 9.95. The summed E-state index contributed by atoms with van der Waals surface area (Å²) in [5, 5.41) is 23.8. The van der Waals surface area contributed by atoms with Gasteiger partial charge in [-0.3, -0.25) is 24.7 Å². The summed E-state index contributed by atoms with van der Waals surface area (Å²) in [5.41, 5.74) is -1.27. The van der Waals surface area contributed by atoms with Crippen LogP contribution in [-0.4, -0.2) is 84.1 Å². The molecule has 0 spiro atoms. The number of halogens is 3. The first kappa shape index (κ1) is 45.6. The van der Waals surface area contributed by atoms with E-state index in [1.54, 1.807) is 74.5 Å². The average Bonchev–Trinajstić information content (AvgIpc) is 4.16. The van der Waals surface area contributed by atoms with Crippen LogP contribution in [0, 0.1) is 5.82 Å². The van der Waals surface area contributed by atoms with Crippen molar-refractivity contribution < 1.29 is 48.0 Å². The molecule has 20 heteroatoms. The predicted octanol–water partition coefficient (Wildman–Crippen LogP) is 9.48. The number of ether oxygens (including phenoxy) is 3. The van der Waals surface area contributed by atoms with Gasteiger partial charge in [0.2, 0.25) is 17.6 Å². The molecule has 2 aromatic heterocycles. The number of rotatable bonds is 10. The third kappa shape index (κ3) is 7.49. The minimum atomic E-state index is -2.33. The van der Waals surface area contributed by atoms with Crippen LogP contribution in [0.3, 0.4) is 0 Å². The number of nitrogens with zero attached hydrogens (tertiary/aromatic N) is 5. The molecule has 3 atom stereocenters. The van der Waals surface area contributed by atoms with Crippen LogP contribution in [0.4, 0.5) is 31.6 Å². The number of amides is 4. The second-order valence-electron chi connectivity index (χ2n) is 17.6. The molecule has 3 aliphatic rings. The molecule has 17 nitrogen and oxygen atoms in total. The molecule has 0 saturated carbocycles. The fraction of sp³-hybridized carbons (Fsp3) is 0.176. The highest BCUT2D eigenvalue weighted by atomic mass is 35.5. The van der Waals surface area contributed by atoms with Crippen LogP contribution < -0.4 is 15.1 Å². The molecule has 5 N–H and O–H groups in total. The smallest absolute Gasteiger partial charge is 0.419 e. The summed E-state index contributed by atoms with van der Waals surface area (Å²) in [6.45, 7) is 3.34. The van der Waals surface area contributed by atoms with E-state index in [1.807, 2.05) is 30.3 Å². The highest BCUT2D eigenvalue weighted by Gasteiger charge is 2.57. The number of hydrogen-bond donors (Lipinski definition) is 5. The van der Waals surface area contributed by atoms with Crippen LogP contribution in [0.15, 0.2) is 127 Å². The zero-order chi connectivity index (χ0) is 49.6. The van der Waals surface area contributed by atoms with Gasteiger partial charge in [0.15, 0.2) is 17.3 Å². The van der Waals surface area contributed by atoms with Crippen molar-refractivity contribution in [1.29, 1.82) is 0 Å². The van der Waals surface area contributed by atoms with Gasteiger partial charge in [0.25, 0.3) is 11.8 Å². The van der Waals surface area contributed by atoms with Crippen LogP contribution in [0.25, 0.3) is 22.1 Å². The summed E-state index contributed by atoms with van der Waals surface area (Å²) >= 11 is 12.7. The lowest BCUT2D eigenvalue weighted by molar-refractivity contribution is -0.137. The van der Waals surface area contributed by atoms with E-state index in [0.29, 0.717) is 33.2 Å². The molecule has 1 fully saturated rings. The van der Waals surface area contributed by atoms with Gasteiger partial charge in [0, 0.05) is 39.9 Å². The number of aromatic nitrogens is 4. The Bertz CT molecular complexity index is 3520. The van der Waals surface area contributed by atoms with Crippen LogP contribution in [0.1, 0.15) is 62.4 Å².